The molecule has 1 heterocycles. The Balaban J connectivity index is 2.76. The largest absolute Gasteiger partial charge is 0.480 e. The first-order chi connectivity index (χ1) is 9.90. The van der Waals surface area contributed by atoms with Crippen molar-refractivity contribution < 1.29 is 14.7 Å². The molecule has 0 spiro atoms. The summed E-state index contributed by atoms with van der Waals surface area (Å²) in [5.41, 5.74) is 5.76. The van der Waals surface area contributed by atoms with Crippen molar-refractivity contribution in [1.82, 2.24) is 4.90 Å². The monoisotopic (exact) mass is 316 g/mol. The molecule has 0 aliphatic carbocycles. The van der Waals surface area contributed by atoms with Crippen molar-refractivity contribution in [2.24, 2.45) is 17.6 Å². The fraction of sp³-hybridized carbons (Fsp3) is 0.867. The quantitative estimate of drug-likeness (QED) is 0.717. The third-order valence-electron chi connectivity index (χ3n) is 3.80. The first-order valence-electron chi connectivity index (χ1n) is 7.76. The second-order valence-corrected chi connectivity index (χ2v) is 7.38. The molecule has 0 aromatic carbocycles. The van der Waals surface area contributed by atoms with Crippen molar-refractivity contribution in [3.05, 3.63) is 0 Å². The average molecular weight is 316 g/mol. The van der Waals surface area contributed by atoms with Crippen molar-refractivity contribution in [1.29, 1.82) is 0 Å². The standard InChI is InChI=1S/C15H28N2O3S/c1-4-5-14-17(12(9-21-14)15(19)20)13(18)7-11(8-16)6-10(2)3/h10-12,14H,4-9,16H2,1-3H3,(H,19,20)/t11-,12?,14?/m0/s1. The lowest BCUT2D eigenvalue weighted by Crippen LogP contribution is -2.46. The summed E-state index contributed by atoms with van der Waals surface area (Å²) in [6.45, 7) is 6.75. The molecule has 3 N–H and O–H groups in total. The smallest absolute Gasteiger partial charge is 0.327 e. The van der Waals surface area contributed by atoms with E-state index in [1.54, 1.807) is 16.7 Å². The Kier molecular flexibility index (Phi) is 7.52. The molecule has 0 aromatic heterocycles. The van der Waals surface area contributed by atoms with E-state index in [1.807, 2.05) is 0 Å². The molecule has 1 fully saturated rings. The van der Waals surface area contributed by atoms with Crippen LogP contribution in [0.25, 0.3) is 0 Å². The van der Waals surface area contributed by atoms with Gasteiger partial charge in [0.2, 0.25) is 5.91 Å². The molecule has 5 nitrogen and oxygen atoms in total. The molecule has 1 aliphatic heterocycles. The maximum Gasteiger partial charge on any atom is 0.327 e. The molecule has 0 saturated carbocycles. The van der Waals surface area contributed by atoms with Crippen LogP contribution in [0.15, 0.2) is 0 Å². The zero-order valence-electron chi connectivity index (χ0n) is 13.2. The SMILES string of the molecule is CCCC1SCC(C(=O)O)N1C(=O)C[C@@H](CN)CC(C)C. The van der Waals surface area contributed by atoms with Gasteiger partial charge >= 0.3 is 5.97 Å². The van der Waals surface area contributed by atoms with Crippen LogP contribution in [0.1, 0.15) is 46.5 Å². The molecule has 2 unspecified atom stereocenters. The van der Waals surface area contributed by atoms with Crippen molar-refractivity contribution in [3.63, 3.8) is 0 Å². The highest BCUT2D eigenvalue weighted by Gasteiger charge is 2.41. The summed E-state index contributed by atoms with van der Waals surface area (Å²) in [5, 5.41) is 9.32. The van der Waals surface area contributed by atoms with E-state index < -0.39 is 12.0 Å². The van der Waals surface area contributed by atoms with E-state index >= 15 is 0 Å². The van der Waals surface area contributed by atoms with Crippen molar-refractivity contribution >= 4 is 23.6 Å². The van der Waals surface area contributed by atoms with Gasteiger partial charge in [-0.3, -0.25) is 4.79 Å². The Hall–Kier alpha value is -0.750. The molecule has 21 heavy (non-hydrogen) atoms. The number of carboxylic acid groups (broad SMARTS) is 1. The average Bonchev–Trinajstić information content (AvgIpc) is 2.81. The number of hydrogen-bond donors (Lipinski definition) is 2. The summed E-state index contributed by atoms with van der Waals surface area (Å²) >= 11 is 1.58. The summed E-state index contributed by atoms with van der Waals surface area (Å²) in [4.78, 5) is 25.6. The maximum atomic E-state index is 12.6. The predicted octanol–water partition coefficient (Wildman–Crippen LogP) is 2.15. The zero-order chi connectivity index (χ0) is 16.0. The molecule has 1 saturated heterocycles. The molecule has 122 valence electrons. The van der Waals surface area contributed by atoms with E-state index in [4.69, 9.17) is 5.73 Å². The minimum Gasteiger partial charge on any atom is -0.480 e. The molecule has 0 bridgehead atoms. The highest BCUT2D eigenvalue weighted by atomic mass is 32.2. The first-order valence-corrected chi connectivity index (χ1v) is 8.81. The number of nitrogens with zero attached hydrogens (tertiary/aromatic N) is 1. The molecular weight excluding hydrogens is 288 g/mol. The Labute approximate surface area is 131 Å². The van der Waals surface area contributed by atoms with Gasteiger partial charge < -0.3 is 15.7 Å². The molecule has 1 aliphatic rings. The summed E-state index contributed by atoms with van der Waals surface area (Å²) in [7, 11) is 0. The summed E-state index contributed by atoms with van der Waals surface area (Å²) in [6, 6.07) is -0.684. The van der Waals surface area contributed by atoms with Crippen LogP contribution in [0.2, 0.25) is 0 Å². The van der Waals surface area contributed by atoms with Gasteiger partial charge in [-0.2, -0.15) is 0 Å². The summed E-state index contributed by atoms with van der Waals surface area (Å²) in [6.07, 6.45) is 3.05. The van der Waals surface area contributed by atoms with Gasteiger partial charge in [0.25, 0.3) is 0 Å². The topological polar surface area (TPSA) is 83.6 Å². The van der Waals surface area contributed by atoms with Crippen molar-refractivity contribution in [3.8, 4) is 0 Å². The van der Waals surface area contributed by atoms with E-state index in [9.17, 15) is 14.7 Å². The number of rotatable bonds is 8. The summed E-state index contributed by atoms with van der Waals surface area (Å²) in [5.74, 6) is 0.161. The third kappa shape index (κ3) is 5.18. The van der Waals surface area contributed by atoms with Crippen LogP contribution in [0.3, 0.4) is 0 Å². The number of hydrogen-bond acceptors (Lipinski definition) is 4. The van der Waals surface area contributed by atoms with E-state index in [1.165, 1.54) is 0 Å². The number of thioether (sulfide) groups is 1. The minimum atomic E-state index is -0.900. The lowest BCUT2D eigenvalue weighted by molar-refractivity contribution is -0.149. The van der Waals surface area contributed by atoms with Gasteiger partial charge in [-0.05, 0) is 31.2 Å². The number of carboxylic acids is 1. The molecule has 0 radical (unpaired) electrons. The van der Waals surface area contributed by atoms with Crippen LogP contribution in [-0.4, -0.2) is 45.6 Å². The minimum absolute atomic E-state index is 0.000995. The van der Waals surface area contributed by atoms with Crippen molar-refractivity contribution in [2.45, 2.75) is 57.9 Å². The highest BCUT2D eigenvalue weighted by molar-refractivity contribution is 8.00. The lowest BCUT2D eigenvalue weighted by atomic mass is 9.93. The number of carbonyl (C=O) groups is 2. The fourth-order valence-electron chi connectivity index (χ4n) is 2.84. The third-order valence-corrected chi connectivity index (χ3v) is 5.16. The fourth-order valence-corrected chi connectivity index (χ4v) is 4.37. The van der Waals surface area contributed by atoms with Crippen LogP contribution >= 0.6 is 11.8 Å². The normalized spacial score (nSPS) is 23.6. The number of carbonyl (C=O) groups excluding carboxylic acids is 1. The molecule has 1 rings (SSSR count). The zero-order valence-corrected chi connectivity index (χ0v) is 14.1. The summed E-state index contributed by atoms with van der Waals surface area (Å²) < 4.78 is 0. The Morgan fingerprint density at radius 3 is 2.57 bits per heavy atom. The van der Waals surface area contributed by atoms with Crippen LogP contribution in [0.5, 0.6) is 0 Å². The molecule has 0 aromatic rings. The Morgan fingerprint density at radius 1 is 1.43 bits per heavy atom. The van der Waals surface area contributed by atoms with Gasteiger partial charge in [0, 0.05) is 12.2 Å². The number of nitrogens with two attached hydrogens (primary N) is 1. The second-order valence-electron chi connectivity index (χ2n) is 6.17. The molecular formula is C15H28N2O3S. The Morgan fingerprint density at radius 2 is 2.10 bits per heavy atom. The van der Waals surface area contributed by atoms with Gasteiger partial charge in [0.05, 0.1) is 5.37 Å². The van der Waals surface area contributed by atoms with Gasteiger partial charge in [-0.25, -0.2) is 4.79 Å². The first kappa shape index (κ1) is 18.3. The second kappa shape index (κ2) is 8.63. The predicted molar refractivity (Wildman–Crippen MR) is 86.0 cm³/mol. The van der Waals surface area contributed by atoms with Crippen LogP contribution in [0, 0.1) is 11.8 Å². The number of amides is 1. The molecule has 3 atom stereocenters. The molecule has 6 heteroatoms. The van der Waals surface area contributed by atoms with Gasteiger partial charge in [0.1, 0.15) is 6.04 Å². The van der Waals surface area contributed by atoms with E-state index in [-0.39, 0.29) is 17.2 Å². The van der Waals surface area contributed by atoms with Crippen LogP contribution in [0.4, 0.5) is 0 Å². The van der Waals surface area contributed by atoms with Gasteiger partial charge in [0.15, 0.2) is 0 Å². The van der Waals surface area contributed by atoms with E-state index in [0.717, 1.165) is 19.3 Å². The molecule has 1 amide bonds. The van der Waals surface area contributed by atoms with Gasteiger partial charge in [-0.15, -0.1) is 11.8 Å². The van der Waals surface area contributed by atoms with Gasteiger partial charge in [-0.1, -0.05) is 27.2 Å². The number of aliphatic carboxylic acids is 1. The Bertz CT molecular complexity index is 363. The van der Waals surface area contributed by atoms with Crippen LogP contribution < -0.4 is 5.73 Å². The highest BCUT2D eigenvalue weighted by Crippen LogP contribution is 2.33. The van der Waals surface area contributed by atoms with Crippen molar-refractivity contribution in [2.75, 3.05) is 12.3 Å². The maximum absolute atomic E-state index is 12.6. The lowest BCUT2D eigenvalue weighted by Gasteiger charge is -2.29. The van der Waals surface area contributed by atoms with E-state index in [0.29, 0.717) is 24.6 Å². The van der Waals surface area contributed by atoms with Crippen LogP contribution in [-0.2, 0) is 9.59 Å². The van der Waals surface area contributed by atoms with E-state index in [2.05, 4.69) is 20.8 Å².